The molecule has 116 valence electrons. The van der Waals surface area contributed by atoms with Crippen LogP contribution in [0.2, 0.25) is 25.3 Å². The molecule has 1 heterocycles. The van der Waals surface area contributed by atoms with Gasteiger partial charge in [-0.2, -0.15) is 0 Å². The molecule has 0 aromatic rings. The van der Waals surface area contributed by atoms with E-state index in [2.05, 4.69) is 0 Å². The lowest BCUT2D eigenvalue weighted by Crippen LogP contribution is -2.21. The summed E-state index contributed by atoms with van der Waals surface area (Å²) in [7, 11) is 0. The van der Waals surface area contributed by atoms with Crippen LogP contribution in [-0.2, 0) is 18.9 Å². The maximum Gasteiger partial charge on any atom is 0.293 e. The Morgan fingerprint density at radius 3 is 0.950 bits per heavy atom. The maximum atomic E-state index is 9.68. The number of rotatable bonds is 0. The van der Waals surface area contributed by atoms with E-state index in [4.69, 9.17) is 18.9 Å². The minimum Gasteiger partial charge on any atom is -0.450 e. The van der Waals surface area contributed by atoms with Gasteiger partial charge in [-0.3, -0.25) is 0 Å². The SMILES string of the molecule is OB1CCOCCOCCB(O)CCOCCOCC1. The second-order valence-corrected chi connectivity index (χ2v) is 4.91. The summed E-state index contributed by atoms with van der Waals surface area (Å²) in [4.78, 5) is 0. The third-order valence-corrected chi connectivity index (χ3v) is 3.13. The van der Waals surface area contributed by atoms with Gasteiger partial charge >= 0.3 is 0 Å². The van der Waals surface area contributed by atoms with Crippen LogP contribution in [0.4, 0.5) is 0 Å². The molecule has 0 atom stereocenters. The fraction of sp³-hybridized carbons (Fsp3) is 1.00. The normalized spacial score (nSPS) is 23.1. The van der Waals surface area contributed by atoms with Crippen LogP contribution < -0.4 is 0 Å². The Kier molecular flexibility index (Phi) is 11.3. The molecule has 0 aromatic carbocycles. The summed E-state index contributed by atoms with van der Waals surface area (Å²) in [5, 5.41) is 19.4. The Morgan fingerprint density at radius 2 is 0.700 bits per heavy atom. The number of ether oxygens (including phenoxy) is 4. The first-order valence-electron chi connectivity index (χ1n) is 7.46. The monoisotopic (exact) mass is 288 g/mol. The van der Waals surface area contributed by atoms with Gasteiger partial charge in [-0.15, -0.1) is 0 Å². The van der Waals surface area contributed by atoms with Crippen LogP contribution in [0, 0.1) is 0 Å². The topological polar surface area (TPSA) is 77.4 Å². The predicted octanol–water partition coefficient (Wildman–Crippen LogP) is 0.0340. The van der Waals surface area contributed by atoms with Crippen molar-refractivity contribution in [3.63, 3.8) is 0 Å². The molecule has 2 N–H and O–H groups in total. The molecule has 8 heteroatoms. The van der Waals surface area contributed by atoms with E-state index in [9.17, 15) is 10.0 Å². The Morgan fingerprint density at radius 1 is 0.450 bits per heavy atom. The Bertz CT molecular complexity index is 180. The first kappa shape index (κ1) is 17.9. The summed E-state index contributed by atoms with van der Waals surface area (Å²) >= 11 is 0. The van der Waals surface area contributed by atoms with Crippen molar-refractivity contribution in [2.45, 2.75) is 25.3 Å². The van der Waals surface area contributed by atoms with Crippen molar-refractivity contribution in [3.8, 4) is 0 Å². The highest BCUT2D eigenvalue weighted by molar-refractivity contribution is 6.50. The van der Waals surface area contributed by atoms with Crippen LogP contribution in [0.15, 0.2) is 0 Å². The van der Waals surface area contributed by atoms with Crippen molar-refractivity contribution in [2.75, 3.05) is 52.9 Å². The molecule has 0 aliphatic carbocycles. The molecular weight excluding hydrogens is 262 g/mol. The van der Waals surface area contributed by atoms with Crippen molar-refractivity contribution in [1.82, 2.24) is 0 Å². The van der Waals surface area contributed by atoms with Gasteiger partial charge in [0.1, 0.15) is 0 Å². The zero-order chi connectivity index (χ0) is 14.5. The van der Waals surface area contributed by atoms with Gasteiger partial charge in [0.25, 0.3) is 13.8 Å². The molecule has 1 aliphatic heterocycles. The van der Waals surface area contributed by atoms with Gasteiger partial charge in [0.2, 0.25) is 0 Å². The summed E-state index contributed by atoms with van der Waals surface area (Å²) in [6, 6.07) is 0. The Labute approximate surface area is 122 Å². The summed E-state index contributed by atoms with van der Waals surface area (Å²) in [6.07, 6.45) is 2.44. The highest BCUT2D eigenvalue weighted by Gasteiger charge is 2.12. The molecule has 0 bridgehead atoms. The van der Waals surface area contributed by atoms with Crippen molar-refractivity contribution in [3.05, 3.63) is 0 Å². The summed E-state index contributed by atoms with van der Waals surface area (Å²) in [6.45, 7) is 3.39. The van der Waals surface area contributed by atoms with E-state index in [1.807, 2.05) is 0 Å². The molecular formula is C12H26B2O6. The highest BCUT2D eigenvalue weighted by Crippen LogP contribution is 2.00. The maximum absolute atomic E-state index is 9.68. The quantitative estimate of drug-likeness (QED) is 0.613. The second kappa shape index (κ2) is 12.6. The lowest BCUT2D eigenvalue weighted by Gasteiger charge is -2.11. The van der Waals surface area contributed by atoms with Crippen molar-refractivity contribution >= 4 is 13.8 Å². The predicted molar refractivity (Wildman–Crippen MR) is 78.4 cm³/mol. The second-order valence-electron chi connectivity index (χ2n) is 4.91. The van der Waals surface area contributed by atoms with E-state index in [-0.39, 0.29) is 13.8 Å². The van der Waals surface area contributed by atoms with Crippen molar-refractivity contribution < 1.29 is 29.0 Å². The third-order valence-electron chi connectivity index (χ3n) is 3.13. The van der Waals surface area contributed by atoms with E-state index in [0.29, 0.717) is 78.1 Å². The Balaban J connectivity index is 2.16. The zero-order valence-electron chi connectivity index (χ0n) is 12.2. The average Bonchev–Trinajstić information content (AvgIpc) is 2.43. The molecule has 0 radical (unpaired) electrons. The third kappa shape index (κ3) is 10.7. The van der Waals surface area contributed by atoms with Crippen LogP contribution in [0.25, 0.3) is 0 Å². The van der Waals surface area contributed by atoms with Crippen LogP contribution in [-0.4, -0.2) is 76.7 Å². The molecule has 0 unspecified atom stereocenters. The summed E-state index contributed by atoms with van der Waals surface area (Å²) < 4.78 is 21.5. The van der Waals surface area contributed by atoms with Crippen molar-refractivity contribution in [1.29, 1.82) is 0 Å². The standard InChI is InChI=1S/C12H26B2O6/c15-13-1-5-17-9-10-19-7-3-14(16)4-8-20-12-11-18-6-2-13/h15-16H,1-12H2. The van der Waals surface area contributed by atoms with E-state index < -0.39 is 0 Å². The molecule has 1 saturated heterocycles. The average molecular weight is 288 g/mol. The number of hydrogen-bond acceptors (Lipinski definition) is 6. The van der Waals surface area contributed by atoms with E-state index in [1.165, 1.54) is 0 Å². The first-order chi connectivity index (χ1) is 9.79. The van der Waals surface area contributed by atoms with Gasteiger partial charge in [0.15, 0.2) is 0 Å². The smallest absolute Gasteiger partial charge is 0.293 e. The molecule has 1 fully saturated rings. The van der Waals surface area contributed by atoms with Gasteiger partial charge < -0.3 is 29.0 Å². The summed E-state index contributed by atoms with van der Waals surface area (Å²) in [5.41, 5.74) is 0. The molecule has 0 amide bonds. The van der Waals surface area contributed by atoms with Crippen LogP contribution in [0.5, 0.6) is 0 Å². The lowest BCUT2D eigenvalue weighted by atomic mass is 9.62. The molecule has 1 aliphatic rings. The minimum absolute atomic E-state index is 0.383. The van der Waals surface area contributed by atoms with Gasteiger partial charge in [-0.05, 0) is 25.3 Å². The van der Waals surface area contributed by atoms with Gasteiger partial charge in [-0.25, -0.2) is 0 Å². The van der Waals surface area contributed by atoms with Gasteiger partial charge in [0.05, 0.1) is 26.4 Å². The molecule has 20 heavy (non-hydrogen) atoms. The van der Waals surface area contributed by atoms with Crippen LogP contribution in [0.3, 0.4) is 0 Å². The number of hydrogen-bond donors (Lipinski definition) is 2. The lowest BCUT2D eigenvalue weighted by molar-refractivity contribution is 0.0523. The van der Waals surface area contributed by atoms with Crippen molar-refractivity contribution in [2.24, 2.45) is 0 Å². The zero-order valence-corrected chi connectivity index (χ0v) is 12.2. The first-order valence-corrected chi connectivity index (χ1v) is 7.46. The van der Waals surface area contributed by atoms with E-state index in [0.717, 1.165) is 0 Å². The Hall–Kier alpha value is -0.110. The van der Waals surface area contributed by atoms with E-state index in [1.54, 1.807) is 0 Å². The fourth-order valence-corrected chi connectivity index (χ4v) is 1.81. The molecule has 0 saturated carbocycles. The van der Waals surface area contributed by atoms with E-state index >= 15 is 0 Å². The molecule has 0 spiro atoms. The minimum atomic E-state index is -0.383. The largest absolute Gasteiger partial charge is 0.450 e. The van der Waals surface area contributed by atoms with Crippen LogP contribution >= 0.6 is 0 Å². The fourth-order valence-electron chi connectivity index (χ4n) is 1.81. The van der Waals surface area contributed by atoms with Gasteiger partial charge in [-0.1, -0.05) is 0 Å². The van der Waals surface area contributed by atoms with Crippen LogP contribution in [0.1, 0.15) is 0 Å². The highest BCUT2D eigenvalue weighted by atomic mass is 16.5. The molecule has 6 nitrogen and oxygen atoms in total. The summed E-state index contributed by atoms with van der Waals surface area (Å²) in [5.74, 6) is 0. The molecule has 0 aromatic heterocycles. The van der Waals surface area contributed by atoms with Gasteiger partial charge in [0, 0.05) is 26.4 Å². The molecule has 1 rings (SSSR count).